The number of allylic oxidation sites excluding steroid dienone is 4. The van der Waals surface area contributed by atoms with Gasteiger partial charge in [0.05, 0.1) is 11.0 Å². The zero-order chi connectivity index (χ0) is 43.7. The predicted octanol–water partition coefficient (Wildman–Crippen LogP) is 17.3. The van der Waals surface area contributed by atoms with Crippen molar-refractivity contribution in [3.8, 4) is 39.3 Å². The second-order valence-corrected chi connectivity index (χ2v) is 18.9. The quantitative estimate of drug-likeness (QED) is 0.127. The summed E-state index contributed by atoms with van der Waals surface area (Å²) in [5.74, 6) is 0.926. The van der Waals surface area contributed by atoms with Crippen molar-refractivity contribution < 1.29 is 0 Å². The Labute approximate surface area is 383 Å². The smallest absolute Gasteiger partial charge is 0.145 e. The summed E-state index contributed by atoms with van der Waals surface area (Å²) in [6.45, 7) is 4.91. The van der Waals surface area contributed by atoms with E-state index in [0.717, 1.165) is 41.0 Å². The van der Waals surface area contributed by atoms with E-state index in [1.807, 2.05) is 0 Å². The highest BCUT2D eigenvalue weighted by Gasteiger charge is 2.38. The number of rotatable bonds is 4. The minimum Gasteiger partial charge on any atom is -0.292 e. The third-order valence-corrected chi connectivity index (χ3v) is 15.1. The van der Waals surface area contributed by atoms with Crippen LogP contribution in [0.25, 0.3) is 121 Å². The lowest BCUT2D eigenvalue weighted by molar-refractivity contribution is 0.608. The fourth-order valence-electron chi connectivity index (χ4n) is 12.0. The Bertz CT molecular complexity index is 4120. The first-order valence-corrected chi connectivity index (χ1v) is 23.3. The van der Waals surface area contributed by atoms with Gasteiger partial charge in [-0.25, -0.2) is 4.98 Å². The maximum absolute atomic E-state index is 5.44. The highest BCUT2D eigenvalue weighted by atomic mass is 15.1. The molecule has 2 nitrogen and oxygen atoms in total. The number of imidazole rings is 1. The summed E-state index contributed by atoms with van der Waals surface area (Å²) >= 11 is 0. The van der Waals surface area contributed by atoms with E-state index >= 15 is 0 Å². The average molecular weight is 841 g/mol. The van der Waals surface area contributed by atoms with E-state index < -0.39 is 0 Å². The lowest BCUT2D eigenvalue weighted by Crippen LogP contribution is -2.17. The third kappa shape index (κ3) is 5.27. The molecule has 1 heterocycles. The summed E-state index contributed by atoms with van der Waals surface area (Å²) in [4.78, 5) is 5.44. The molecule has 1 aromatic heterocycles. The van der Waals surface area contributed by atoms with Gasteiger partial charge < -0.3 is 0 Å². The van der Waals surface area contributed by atoms with E-state index in [-0.39, 0.29) is 5.41 Å². The van der Waals surface area contributed by atoms with Gasteiger partial charge in [-0.05, 0) is 171 Å². The number of para-hydroxylation sites is 3. The molecule has 0 radical (unpaired) electrons. The Balaban J connectivity index is 1.21. The van der Waals surface area contributed by atoms with Gasteiger partial charge in [0.2, 0.25) is 0 Å². The Kier molecular flexibility index (Phi) is 7.90. The van der Waals surface area contributed by atoms with E-state index in [1.165, 1.54) is 104 Å². The van der Waals surface area contributed by atoms with Crippen LogP contribution in [0.3, 0.4) is 0 Å². The SMILES string of the molecule is CC1(C)C2=C(C=CCC2)c2cc3c(-c4cc5ccccc5c5ccccc45)c4ccc(-c5nc6ccccc6n5-c5ccccc5)cc4c(-c4cc5ccccc5c5ccccc45)c3cc21. The minimum absolute atomic E-state index is 0.112. The summed E-state index contributed by atoms with van der Waals surface area (Å²) in [7, 11) is 0. The minimum atomic E-state index is -0.112. The van der Waals surface area contributed by atoms with Crippen molar-refractivity contribution in [2.75, 3.05) is 0 Å². The van der Waals surface area contributed by atoms with Crippen LogP contribution in [0, 0.1) is 0 Å². The Hall–Kier alpha value is -8.07. The Morgan fingerprint density at radius 2 is 1.02 bits per heavy atom. The zero-order valence-electron chi connectivity index (χ0n) is 36.9. The van der Waals surface area contributed by atoms with Crippen LogP contribution in [0.1, 0.15) is 37.8 Å². The highest BCUT2D eigenvalue weighted by Crippen LogP contribution is 2.55. The van der Waals surface area contributed by atoms with Gasteiger partial charge in [0.1, 0.15) is 5.82 Å². The molecule has 2 heteroatoms. The maximum atomic E-state index is 5.44. The fraction of sp³-hybridized carbons (Fsp3) is 0.0781. The maximum Gasteiger partial charge on any atom is 0.145 e. The van der Waals surface area contributed by atoms with Crippen LogP contribution < -0.4 is 0 Å². The van der Waals surface area contributed by atoms with Crippen molar-refractivity contribution in [3.05, 3.63) is 223 Å². The van der Waals surface area contributed by atoms with Crippen LogP contribution in [0.15, 0.2) is 212 Å². The van der Waals surface area contributed by atoms with Crippen LogP contribution in [0.4, 0.5) is 0 Å². The van der Waals surface area contributed by atoms with Gasteiger partial charge in [-0.15, -0.1) is 0 Å². The van der Waals surface area contributed by atoms with Crippen molar-refractivity contribution in [2.24, 2.45) is 0 Å². The van der Waals surface area contributed by atoms with Crippen molar-refractivity contribution in [1.29, 1.82) is 0 Å². The second kappa shape index (κ2) is 14.0. The summed E-state index contributed by atoms with van der Waals surface area (Å²) < 4.78 is 2.33. The number of hydrogen-bond donors (Lipinski definition) is 0. The van der Waals surface area contributed by atoms with Gasteiger partial charge >= 0.3 is 0 Å². The largest absolute Gasteiger partial charge is 0.292 e. The van der Waals surface area contributed by atoms with Crippen molar-refractivity contribution in [1.82, 2.24) is 9.55 Å². The van der Waals surface area contributed by atoms with Gasteiger partial charge in [-0.2, -0.15) is 0 Å². The average Bonchev–Trinajstić information content (AvgIpc) is 3.87. The van der Waals surface area contributed by atoms with Gasteiger partial charge in [0.15, 0.2) is 0 Å². The monoisotopic (exact) mass is 840 g/mol. The number of benzene rings is 11. The molecule has 0 unspecified atom stereocenters. The molecule has 0 amide bonds. The van der Waals surface area contributed by atoms with Crippen LogP contribution >= 0.6 is 0 Å². The predicted molar refractivity (Wildman–Crippen MR) is 281 cm³/mol. The van der Waals surface area contributed by atoms with E-state index in [2.05, 4.69) is 225 Å². The molecule has 0 saturated carbocycles. The van der Waals surface area contributed by atoms with Crippen LogP contribution in [0.5, 0.6) is 0 Å². The first-order valence-electron chi connectivity index (χ1n) is 23.3. The van der Waals surface area contributed by atoms with Crippen molar-refractivity contribution in [2.45, 2.75) is 32.1 Å². The number of aromatic nitrogens is 2. The molecule has 14 rings (SSSR count). The summed E-state index contributed by atoms with van der Waals surface area (Å²) in [5.41, 5.74) is 14.9. The van der Waals surface area contributed by atoms with Gasteiger partial charge in [-0.1, -0.05) is 171 Å². The van der Waals surface area contributed by atoms with Crippen LogP contribution in [-0.2, 0) is 5.41 Å². The molecule has 310 valence electrons. The molecular weight excluding hydrogens is 797 g/mol. The van der Waals surface area contributed by atoms with Gasteiger partial charge in [-0.3, -0.25) is 4.57 Å². The molecule has 0 aliphatic heterocycles. The lowest BCUT2D eigenvalue weighted by atomic mass is 9.76. The first-order chi connectivity index (χ1) is 32.5. The molecular formula is C64H44N2. The molecule has 11 aromatic carbocycles. The third-order valence-electron chi connectivity index (χ3n) is 15.1. The summed E-state index contributed by atoms with van der Waals surface area (Å²) in [5, 5.41) is 15.1. The number of fused-ring (bicyclic) bond motifs is 11. The number of nitrogens with zero attached hydrogens (tertiary/aromatic N) is 2. The summed E-state index contributed by atoms with van der Waals surface area (Å²) in [6.07, 6.45) is 6.96. The molecule has 2 aliphatic rings. The molecule has 0 bridgehead atoms. The van der Waals surface area contributed by atoms with E-state index in [0.29, 0.717) is 0 Å². The zero-order valence-corrected chi connectivity index (χ0v) is 36.9. The summed E-state index contributed by atoms with van der Waals surface area (Å²) in [6, 6.07) is 72.4. The van der Waals surface area contributed by atoms with Crippen LogP contribution in [0.2, 0.25) is 0 Å². The van der Waals surface area contributed by atoms with Gasteiger partial charge in [0, 0.05) is 16.7 Å². The molecule has 0 fully saturated rings. The highest BCUT2D eigenvalue weighted by molar-refractivity contribution is 6.29. The topological polar surface area (TPSA) is 17.8 Å². The molecule has 66 heavy (non-hydrogen) atoms. The standard InChI is InChI=1S/C64H44N2/c1-64(2)57-29-15-14-28-49(57)51-37-55-56(38-58(51)64)62(53-35-40-19-7-9-23-44(40)46-25-11-13-27-48(46)53)54-36-41(63-65-59-30-16-17-31-60(59)66(63)42-20-4-3-5-21-42)32-33-50(54)61(55)52-34-39-18-6-8-22-43(39)45-24-10-12-26-47(45)52/h3-14,16-28,30-38H,15,29H2,1-2H3. The van der Waals surface area contributed by atoms with Crippen molar-refractivity contribution >= 4 is 81.2 Å². The molecule has 0 spiro atoms. The molecule has 0 atom stereocenters. The van der Waals surface area contributed by atoms with Gasteiger partial charge in [0.25, 0.3) is 0 Å². The van der Waals surface area contributed by atoms with Crippen molar-refractivity contribution in [3.63, 3.8) is 0 Å². The first kappa shape index (κ1) is 37.3. The normalized spacial score (nSPS) is 14.4. The molecule has 2 aliphatic carbocycles. The van der Waals surface area contributed by atoms with Crippen LogP contribution in [-0.4, -0.2) is 9.55 Å². The second-order valence-electron chi connectivity index (χ2n) is 18.9. The van der Waals surface area contributed by atoms with E-state index in [1.54, 1.807) is 5.57 Å². The molecule has 12 aromatic rings. The lowest BCUT2D eigenvalue weighted by Gasteiger charge is -2.27. The molecule has 0 N–H and O–H groups in total. The Morgan fingerprint density at radius 3 is 1.71 bits per heavy atom. The fourth-order valence-corrected chi connectivity index (χ4v) is 12.0. The van der Waals surface area contributed by atoms with E-state index in [9.17, 15) is 0 Å². The Morgan fingerprint density at radius 1 is 0.455 bits per heavy atom. The molecule has 0 saturated heterocycles. The number of hydrogen-bond acceptors (Lipinski definition) is 1. The van der Waals surface area contributed by atoms with E-state index in [4.69, 9.17) is 4.98 Å².